The van der Waals surface area contributed by atoms with E-state index in [-0.39, 0.29) is 18.1 Å². The molecule has 0 aromatic rings. The number of aliphatic hydroxyl groups is 1. The molecular weight excluding hydrogens is 168 g/mol. The van der Waals surface area contributed by atoms with E-state index in [1.807, 2.05) is 0 Å². The van der Waals surface area contributed by atoms with Crippen LogP contribution in [0.1, 0.15) is 19.3 Å². The Morgan fingerprint density at radius 1 is 1.54 bits per heavy atom. The molecule has 0 bridgehead atoms. The smallest absolute Gasteiger partial charge is 0.237 e. The van der Waals surface area contributed by atoms with Gasteiger partial charge in [-0.25, -0.2) is 0 Å². The van der Waals surface area contributed by atoms with Crippen molar-refractivity contribution in [2.75, 3.05) is 13.1 Å². The van der Waals surface area contributed by atoms with Crippen LogP contribution < -0.4 is 10.6 Å². The Morgan fingerprint density at radius 2 is 2.31 bits per heavy atom. The summed E-state index contributed by atoms with van der Waals surface area (Å²) >= 11 is 0. The van der Waals surface area contributed by atoms with Crippen LogP contribution >= 0.6 is 0 Å². The van der Waals surface area contributed by atoms with E-state index in [4.69, 9.17) is 0 Å². The van der Waals surface area contributed by atoms with E-state index in [2.05, 4.69) is 10.6 Å². The van der Waals surface area contributed by atoms with E-state index in [1.54, 1.807) is 0 Å². The van der Waals surface area contributed by atoms with Crippen molar-refractivity contribution in [3.8, 4) is 0 Å². The summed E-state index contributed by atoms with van der Waals surface area (Å²) in [6, 6.07) is -0.172. The maximum absolute atomic E-state index is 11.4. The summed E-state index contributed by atoms with van der Waals surface area (Å²) in [6.07, 6.45) is 2.70. The Labute approximate surface area is 77.7 Å². The maximum atomic E-state index is 11.4. The van der Waals surface area contributed by atoms with E-state index in [0.29, 0.717) is 13.0 Å². The molecule has 2 rings (SSSR count). The molecule has 1 aliphatic carbocycles. The molecule has 0 radical (unpaired) electrons. The lowest BCUT2D eigenvalue weighted by molar-refractivity contribution is -0.123. The lowest BCUT2D eigenvalue weighted by Crippen LogP contribution is -2.41. The molecule has 3 N–H and O–H groups in total. The first-order valence-corrected chi connectivity index (χ1v) is 4.95. The number of β-amino-alcohol motifs (C(OH)–C–C–N with tert-alkyl or cyclic N) is 1. The number of aliphatic hydroxyl groups excluding tert-OH is 1. The molecule has 2 fully saturated rings. The fourth-order valence-corrected chi connectivity index (χ4v) is 1.61. The Morgan fingerprint density at radius 3 is 2.85 bits per heavy atom. The topological polar surface area (TPSA) is 61.4 Å². The second kappa shape index (κ2) is 3.64. The first-order chi connectivity index (χ1) is 6.25. The van der Waals surface area contributed by atoms with Gasteiger partial charge in [0.1, 0.15) is 0 Å². The average Bonchev–Trinajstić information content (AvgIpc) is 2.84. The average molecular weight is 184 g/mol. The van der Waals surface area contributed by atoms with Crippen molar-refractivity contribution >= 4 is 5.91 Å². The van der Waals surface area contributed by atoms with Crippen molar-refractivity contribution in [1.29, 1.82) is 0 Å². The van der Waals surface area contributed by atoms with E-state index in [0.717, 1.165) is 12.5 Å². The summed E-state index contributed by atoms with van der Waals surface area (Å²) in [4.78, 5) is 11.4. The van der Waals surface area contributed by atoms with Gasteiger partial charge in [0, 0.05) is 13.1 Å². The third-order valence-corrected chi connectivity index (χ3v) is 2.69. The summed E-state index contributed by atoms with van der Waals surface area (Å²) < 4.78 is 0. The minimum absolute atomic E-state index is 0.0449. The van der Waals surface area contributed by atoms with Crippen LogP contribution in [0.2, 0.25) is 0 Å². The van der Waals surface area contributed by atoms with E-state index < -0.39 is 0 Å². The third-order valence-electron chi connectivity index (χ3n) is 2.69. The molecule has 1 aliphatic heterocycles. The van der Waals surface area contributed by atoms with E-state index in [9.17, 15) is 9.90 Å². The molecule has 4 nitrogen and oxygen atoms in total. The van der Waals surface area contributed by atoms with Crippen LogP contribution in [-0.2, 0) is 4.79 Å². The van der Waals surface area contributed by atoms with Gasteiger partial charge in [-0.05, 0) is 25.2 Å². The van der Waals surface area contributed by atoms with Gasteiger partial charge in [0.25, 0.3) is 0 Å². The molecule has 0 spiro atoms. The molecule has 0 aromatic heterocycles. The molecular formula is C9H16N2O2. The van der Waals surface area contributed by atoms with Crippen LogP contribution in [-0.4, -0.2) is 36.2 Å². The van der Waals surface area contributed by atoms with Crippen LogP contribution in [0, 0.1) is 5.92 Å². The molecule has 1 amide bonds. The first kappa shape index (κ1) is 8.97. The highest BCUT2D eigenvalue weighted by Gasteiger charge is 2.29. The van der Waals surface area contributed by atoms with Crippen molar-refractivity contribution in [3.63, 3.8) is 0 Å². The van der Waals surface area contributed by atoms with Gasteiger partial charge >= 0.3 is 0 Å². The van der Waals surface area contributed by atoms with Gasteiger partial charge in [0.2, 0.25) is 5.91 Å². The Balaban J connectivity index is 1.69. The monoisotopic (exact) mass is 184 g/mol. The minimum atomic E-state index is -0.350. The second-order valence-corrected chi connectivity index (χ2v) is 4.04. The number of nitrogens with one attached hydrogen (secondary N) is 2. The number of carbonyl (C=O) groups is 1. The van der Waals surface area contributed by atoms with Crippen molar-refractivity contribution in [2.24, 2.45) is 5.92 Å². The summed E-state index contributed by atoms with van der Waals surface area (Å²) in [5.41, 5.74) is 0. The molecule has 1 heterocycles. The zero-order valence-electron chi connectivity index (χ0n) is 7.62. The first-order valence-electron chi connectivity index (χ1n) is 4.95. The minimum Gasteiger partial charge on any atom is -0.392 e. The highest BCUT2D eigenvalue weighted by atomic mass is 16.3. The van der Waals surface area contributed by atoms with Crippen LogP contribution in [0.25, 0.3) is 0 Å². The Hall–Kier alpha value is -0.610. The van der Waals surface area contributed by atoms with Crippen molar-refractivity contribution in [3.05, 3.63) is 0 Å². The fourth-order valence-electron chi connectivity index (χ4n) is 1.61. The molecule has 2 aliphatic rings. The number of amides is 1. The molecule has 0 aromatic carbocycles. The molecule has 74 valence electrons. The lowest BCUT2D eigenvalue weighted by atomic mass is 10.2. The number of hydrogen-bond donors (Lipinski definition) is 3. The summed E-state index contributed by atoms with van der Waals surface area (Å²) in [7, 11) is 0. The van der Waals surface area contributed by atoms with E-state index in [1.165, 1.54) is 12.8 Å². The van der Waals surface area contributed by atoms with Gasteiger partial charge in [0.05, 0.1) is 12.1 Å². The van der Waals surface area contributed by atoms with Gasteiger partial charge in [-0.2, -0.15) is 0 Å². The second-order valence-electron chi connectivity index (χ2n) is 4.04. The zero-order chi connectivity index (χ0) is 9.26. The number of rotatable bonds is 3. The molecule has 1 saturated carbocycles. The quantitative estimate of drug-likeness (QED) is 0.540. The van der Waals surface area contributed by atoms with Crippen molar-refractivity contribution in [2.45, 2.75) is 31.4 Å². The molecule has 2 atom stereocenters. The van der Waals surface area contributed by atoms with Gasteiger partial charge < -0.3 is 15.7 Å². The number of hydrogen-bond acceptors (Lipinski definition) is 3. The predicted molar refractivity (Wildman–Crippen MR) is 48.1 cm³/mol. The van der Waals surface area contributed by atoms with Gasteiger partial charge in [-0.15, -0.1) is 0 Å². The Bertz CT molecular complexity index is 204. The Kier molecular flexibility index (Phi) is 2.51. The largest absolute Gasteiger partial charge is 0.392 e. The van der Waals surface area contributed by atoms with Gasteiger partial charge in [-0.3, -0.25) is 4.79 Å². The van der Waals surface area contributed by atoms with Crippen LogP contribution in [0.5, 0.6) is 0 Å². The van der Waals surface area contributed by atoms with Crippen LogP contribution in [0.3, 0.4) is 0 Å². The normalized spacial score (nSPS) is 33.3. The SMILES string of the molecule is O=C(NCC1CC1)[C@H]1C[C@H](O)CN1. The molecule has 0 unspecified atom stereocenters. The van der Waals surface area contributed by atoms with Gasteiger partial charge in [-0.1, -0.05) is 0 Å². The van der Waals surface area contributed by atoms with Crippen LogP contribution in [0.4, 0.5) is 0 Å². The third kappa shape index (κ3) is 2.42. The van der Waals surface area contributed by atoms with Gasteiger partial charge in [0.15, 0.2) is 0 Å². The predicted octanol–water partition coefficient (Wildman–Crippen LogP) is -0.765. The van der Waals surface area contributed by atoms with E-state index >= 15 is 0 Å². The fraction of sp³-hybridized carbons (Fsp3) is 0.889. The molecule has 1 saturated heterocycles. The summed E-state index contributed by atoms with van der Waals surface area (Å²) in [5.74, 6) is 0.763. The number of carbonyl (C=O) groups excluding carboxylic acids is 1. The summed E-state index contributed by atoms with van der Waals surface area (Å²) in [5, 5.41) is 15.1. The lowest BCUT2D eigenvalue weighted by Gasteiger charge is -2.09. The summed E-state index contributed by atoms with van der Waals surface area (Å²) in [6.45, 7) is 1.36. The molecule has 4 heteroatoms. The van der Waals surface area contributed by atoms with Crippen LogP contribution in [0.15, 0.2) is 0 Å². The van der Waals surface area contributed by atoms with Crippen molar-refractivity contribution in [1.82, 2.24) is 10.6 Å². The van der Waals surface area contributed by atoms with Crippen molar-refractivity contribution < 1.29 is 9.90 Å². The maximum Gasteiger partial charge on any atom is 0.237 e. The highest BCUT2D eigenvalue weighted by Crippen LogP contribution is 2.27. The molecule has 13 heavy (non-hydrogen) atoms. The standard InChI is InChI=1S/C9H16N2O2/c12-7-3-8(10-5-7)9(13)11-4-6-1-2-6/h6-8,10,12H,1-5H2,(H,11,13)/t7-,8+/m0/s1. The highest BCUT2D eigenvalue weighted by molar-refractivity contribution is 5.82. The zero-order valence-corrected chi connectivity index (χ0v) is 7.62.